The van der Waals surface area contributed by atoms with Gasteiger partial charge >= 0.3 is 6.03 Å². The molecule has 9 nitrogen and oxygen atoms in total. The number of carbonyl (C=O) groups excluding carboxylic acids is 1. The number of aromatic hydroxyl groups is 1. The number of nitrogens with zero attached hydrogens (tertiary/aromatic N) is 4. The lowest BCUT2D eigenvalue weighted by molar-refractivity contribution is 0.188. The number of guanidine groups is 1. The number of hydrogen-bond donors (Lipinski definition) is 3. The number of carbonyl (C=O) groups is 1. The van der Waals surface area contributed by atoms with E-state index in [2.05, 4.69) is 21.9 Å². The number of methoxy groups -OCH3 is 1. The molecule has 178 valence electrons. The lowest BCUT2D eigenvalue weighted by atomic mass is 10.2. The SMILES string of the molecule is C=C1N(Cc2ccc(OC)cc2)C(=O)NC(=NCC/C=C\C=NCN)N1Cc1ccc(O)cc1. The van der Waals surface area contributed by atoms with Gasteiger partial charge in [-0.1, -0.05) is 36.9 Å². The van der Waals surface area contributed by atoms with E-state index >= 15 is 0 Å². The molecule has 0 atom stereocenters. The number of phenols is 1. The molecule has 1 aliphatic heterocycles. The van der Waals surface area contributed by atoms with Gasteiger partial charge in [0.1, 0.15) is 17.3 Å². The average molecular weight is 463 g/mol. The zero-order valence-corrected chi connectivity index (χ0v) is 19.2. The summed E-state index contributed by atoms with van der Waals surface area (Å²) in [6, 6.07) is 14.1. The fraction of sp³-hybridized carbons (Fsp3) is 0.240. The fourth-order valence-electron chi connectivity index (χ4n) is 3.29. The summed E-state index contributed by atoms with van der Waals surface area (Å²) in [4.78, 5) is 24.9. The second-order valence-electron chi connectivity index (χ2n) is 7.47. The van der Waals surface area contributed by atoms with E-state index in [1.165, 1.54) is 0 Å². The van der Waals surface area contributed by atoms with Gasteiger partial charge in [0.2, 0.25) is 5.96 Å². The number of urea groups is 1. The molecule has 2 aromatic rings. The number of allylic oxidation sites excluding steroid dienone is 1. The van der Waals surface area contributed by atoms with Crippen LogP contribution in [0.4, 0.5) is 4.79 Å². The number of amides is 2. The summed E-state index contributed by atoms with van der Waals surface area (Å²) in [5, 5.41) is 12.5. The molecule has 0 aliphatic carbocycles. The highest BCUT2D eigenvalue weighted by atomic mass is 16.5. The van der Waals surface area contributed by atoms with E-state index in [-0.39, 0.29) is 18.4 Å². The van der Waals surface area contributed by atoms with Crippen LogP contribution in [-0.4, -0.2) is 53.4 Å². The number of nitrogens with one attached hydrogen (secondary N) is 1. The molecule has 0 saturated carbocycles. The Bertz CT molecular complexity index is 1060. The van der Waals surface area contributed by atoms with Gasteiger partial charge in [0.05, 0.1) is 26.9 Å². The normalized spacial score (nSPS) is 15.5. The van der Waals surface area contributed by atoms with Crippen molar-refractivity contribution >= 4 is 18.2 Å². The van der Waals surface area contributed by atoms with Crippen molar-refractivity contribution in [1.82, 2.24) is 15.1 Å². The average Bonchev–Trinajstić information content (AvgIpc) is 2.85. The molecule has 1 fully saturated rings. The van der Waals surface area contributed by atoms with Crippen LogP contribution in [0.5, 0.6) is 11.5 Å². The highest BCUT2D eigenvalue weighted by Gasteiger charge is 2.31. The zero-order chi connectivity index (χ0) is 24.3. The van der Waals surface area contributed by atoms with E-state index in [1.54, 1.807) is 30.4 Å². The Morgan fingerprint density at radius 2 is 1.74 bits per heavy atom. The topological polar surface area (TPSA) is 116 Å². The van der Waals surface area contributed by atoms with Gasteiger partial charge in [-0.15, -0.1) is 0 Å². The summed E-state index contributed by atoms with van der Waals surface area (Å²) in [5.74, 6) is 1.88. The van der Waals surface area contributed by atoms with Crippen molar-refractivity contribution in [2.24, 2.45) is 15.7 Å². The third-order valence-electron chi connectivity index (χ3n) is 5.11. The molecule has 0 radical (unpaired) electrons. The second kappa shape index (κ2) is 12.2. The summed E-state index contributed by atoms with van der Waals surface area (Å²) in [6.45, 7) is 5.69. The van der Waals surface area contributed by atoms with Gasteiger partial charge in [-0.05, 0) is 47.9 Å². The zero-order valence-electron chi connectivity index (χ0n) is 19.2. The van der Waals surface area contributed by atoms with Crippen molar-refractivity contribution in [3.8, 4) is 11.5 Å². The maximum atomic E-state index is 12.9. The molecule has 0 aromatic heterocycles. The standard InChI is InChI=1S/C25H30N6O3/c1-19-30(16-20-6-10-22(32)11-7-20)24(28-15-5-3-4-14-27-18-26)29-25(33)31(19)17-21-8-12-23(34-2)13-9-21/h3-4,6-14,32H,1,5,15-18,26H2,2H3,(H,28,29,33)/b4-3-,27-14?. The molecular formula is C25H30N6O3. The Morgan fingerprint density at radius 3 is 2.38 bits per heavy atom. The molecule has 4 N–H and O–H groups in total. The molecule has 2 amide bonds. The van der Waals surface area contributed by atoms with Crippen LogP contribution in [0, 0.1) is 0 Å². The van der Waals surface area contributed by atoms with Crippen molar-refractivity contribution in [1.29, 1.82) is 0 Å². The third kappa shape index (κ3) is 6.69. The summed E-state index contributed by atoms with van der Waals surface area (Å²) in [6.07, 6.45) is 6.07. The minimum absolute atomic E-state index is 0.189. The second-order valence-corrected chi connectivity index (χ2v) is 7.47. The molecule has 1 heterocycles. The molecule has 1 aliphatic rings. The van der Waals surface area contributed by atoms with Gasteiger partial charge in [0.25, 0.3) is 0 Å². The van der Waals surface area contributed by atoms with Gasteiger partial charge < -0.3 is 15.6 Å². The third-order valence-corrected chi connectivity index (χ3v) is 5.11. The number of nitrogens with two attached hydrogens (primary N) is 1. The van der Waals surface area contributed by atoms with E-state index in [0.717, 1.165) is 16.9 Å². The maximum Gasteiger partial charge on any atom is 0.330 e. The van der Waals surface area contributed by atoms with Crippen LogP contribution >= 0.6 is 0 Å². The molecule has 0 spiro atoms. The molecule has 3 rings (SSSR count). The quantitative estimate of drug-likeness (QED) is 0.370. The monoisotopic (exact) mass is 462 g/mol. The highest BCUT2D eigenvalue weighted by molar-refractivity contribution is 6.00. The van der Waals surface area contributed by atoms with E-state index < -0.39 is 0 Å². The number of aliphatic imine (C=N–C) groups is 2. The molecule has 0 bridgehead atoms. The summed E-state index contributed by atoms with van der Waals surface area (Å²) in [5.41, 5.74) is 7.19. The smallest absolute Gasteiger partial charge is 0.330 e. The predicted molar refractivity (Wildman–Crippen MR) is 133 cm³/mol. The first kappa shape index (κ1) is 24.5. The van der Waals surface area contributed by atoms with E-state index in [4.69, 9.17) is 10.5 Å². The minimum Gasteiger partial charge on any atom is -0.508 e. The van der Waals surface area contributed by atoms with E-state index in [0.29, 0.717) is 37.8 Å². The number of phenolic OH excluding ortho intramolecular Hbond substituents is 1. The van der Waals surface area contributed by atoms with Gasteiger partial charge in [0.15, 0.2) is 0 Å². The van der Waals surface area contributed by atoms with E-state index in [9.17, 15) is 9.90 Å². The highest BCUT2D eigenvalue weighted by Crippen LogP contribution is 2.23. The lowest BCUT2D eigenvalue weighted by Crippen LogP contribution is -2.57. The van der Waals surface area contributed by atoms with Crippen molar-refractivity contribution in [2.75, 3.05) is 20.3 Å². The largest absolute Gasteiger partial charge is 0.508 e. The molecule has 34 heavy (non-hydrogen) atoms. The summed E-state index contributed by atoms with van der Waals surface area (Å²) >= 11 is 0. The van der Waals surface area contributed by atoms with Crippen molar-refractivity contribution < 1.29 is 14.6 Å². The summed E-state index contributed by atoms with van der Waals surface area (Å²) < 4.78 is 5.21. The fourth-order valence-corrected chi connectivity index (χ4v) is 3.29. The Morgan fingerprint density at radius 1 is 1.09 bits per heavy atom. The minimum atomic E-state index is -0.299. The maximum absolute atomic E-state index is 12.9. The van der Waals surface area contributed by atoms with Crippen molar-refractivity contribution in [3.05, 3.63) is 84.2 Å². The van der Waals surface area contributed by atoms with Crippen LogP contribution in [0.2, 0.25) is 0 Å². The van der Waals surface area contributed by atoms with Crippen LogP contribution in [0.15, 0.2) is 83.1 Å². The first-order valence-corrected chi connectivity index (χ1v) is 10.9. The Kier molecular flexibility index (Phi) is 8.81. The number of hydrogen-bond acceptors (Lipinski definition) is 6. The van der Waals surface area contributed by atoms with Gasteiger partial charge in [-0.3, -0.25) is 25.1 Å². The molecule has 2 aromatic carbocycles. The number of benzene rings is 2. The predicted octanol–water partition coefficient (Wildman–Crippen LogP) is 3.19. The Hall–Kier alpha value is -4.11. The van der Waals surface area contributed by atoms with Crippen LogP contribution < -0.4 is 15.8 Å². The molecule has 0 unspecified atom stereocenters. The molecule has 9 heteroatoms. The van der Waals surface area contributed by atoms with Gasteiger partial charge in [-0.25, -0.2) is 4.79 Å². The van der Waals surface area contributed by atoms with Crippen LogP contribution in [0.3, 0.4) is 0 Å². The first-order chi connectivity index (χ1) is 16.5. The van der Waals surface area contributed by atoms with E-state index in [1.807, 2.05) is 53.5 Å². The Labute approximate surface area is 199 Å². The van der Waals surface area contributed by atoms with Crippen LogP contribution in [0.25, 0.3) is 0 Å². The Balaban J connectivity index is 1.78. The lowest BCUT2D eigenvalue weighted by Gasteiger charge is -2.39. The van der Waals surface area contributed by atoms with Crippen molar-refractivity contribution in [3.63, 3.8) is 0 Å². The van der Waals surface area contributed by atoms with Crippen molar-refractivity contribution in [2.45, 2.75) is 19.5 Å². The number of rotatable bonds is 10. The number of ether oxygens (including phenoxy) is 1. The molecular weight excluding hydrogens is 432 g/mol. The van der Waals surface area contributed by atoms with Crippen LogP contribution in [0.1, 0.15) is 17.5 Å². The van der Waals surface area contributed by atoms with Gasteiger partial charge in [-0.2, -0.15) is 0 Å². The van der Waals surface area contributed by atoms with Gasteiger partial charge in [0, 0.05) is 12.8 Å². The van der Waals surface area contributed by atoms with Crippen LogP contribution in [-0.2, 0) is 13.1 Å². The first-order valence-electron chi connectivity index (χ1n) is 10.9. The molecule has 1 saturated heterocycles. The summed E-state index contributed by atoms with van der Waals surface area (Å²) in [7, 11) is 1.61.